The highest BCUT2D eigenvalue weighted by Crippen LogP contribution is 2.38. The molecule has 0 fully saturated rings. The van der Waals surface area contributed by atoms with Crippen LogP contribution in [0.1, 0.15) is 29.2 Å². The highest BCUT2D eigenvalue weighted by atomic mass is 32.1. The molecule has 1 heterocycles. The van der Waals surface area contributed by atoms with Crippen molar-refractivity contribution in [3.63, 3.8) is 0 Å². The highest BCUT2D eigenvalue weighted by Gasteiger charge is 2.38. The Morgan fingerprint density at radius 3 is 2.59 bits per heavy atom. The van der Waals surface area contributed by atoms with Gasteiger partial charge < -0.3 is 5.32 Å². The molecule has 0 bridgehead atoms. The van der Waals surface area contributed by atoms with Gasteiger partial charge in [0.05, 0.1) is 11.0 Å². The topological polar surface area (TPSA) is 68.1 Å². The van der Waals surface area contributed by atoms with Crippen LogP contribution in [0.3, 0.4) is 0 Å². The van der Waals surface area contributed by atoms with Gasteiger partial charge in [-0.3, -0.25) is 10.1 Å². The average Bonchev–Trinajstić information content (AvgIpc) is 2.84. The van der Waals surface area contributed by atoms with Crippen molar-refractivity contribution >= 4 is 22.7 Å². The predicted molar refractivity (Wildman–Crippen MR) is 77.0 cm³/mol. The van der Waals surface area contributed by atoms with Gasteiger partial charge in [-0.2, -0.15) is 13.2 Å². The monoisotopic (exact) mass is 331 g/mol. The molecule has 0 saturated carbocycles. The number of benzene rings is 1. The van der Waals surface area contributed by atoms with E-state index in [0.29, 0.717) is 0 Å². The number of anilines is 1. The smallest absolute Gasteiger partial charge is 0.376 e. The van der Waals surface area contributed by atoms with Gasteiger partial charge >= 0.3 is 6.18 Å². The molecular weight excluding hydrogens is 319 g/mol. The molecular formula is C13H12F3N3O2S. The van der Waals surface area contributed by atoms with E-state index in [-0.39, 0.29) is 11.7 Å². The largest absolute Gasteiger partial charge is 0.423 e. The van der Waals surface area contributed by atoms with Crippen LogP contribution in [0, 0.1) is 17.0 Å². The maximum absolute atomic E-state index is 12.9. The second kappa shape index (κ2) is 5.91. The highest BCUT2D eigenvalue weighted by molar-refractivity contribution is 7.09. The quantitative estimate of drug-likeness (QED) is 0.659. The summed E-state index contributed by atoms with van der Waals surface area (Å²) in [6.07, 6.45) is -4.79. The number of hydrogen-bond donors (Lipinski definition) is 1. The molecule has 0 radical (unpaired) electrons. The summed E-state index contributed by atoms with van der Waals surface area (Å²) >= 11 is 1.39. The van der Waals surface area contributed by atoms with Crippen LogP contribution in [-0.2, 0) is 6.18 Å². The first-order valence-electron chi connectivity index (χ1n) is 6.22. The molecule has 1 unspecified atom stereocenters. The normalized spacial score (nSPS) is 13.0. The van der Waals surface area contributed by atoms with Gasteiger partial charge in [0.15, 0.2) is 0 Å². The lowest BCUT2D eigenvalue weighted by molar-refractivity contribution is -0.388. The summed E-state index contributed by atoms with van der Waals surface area (Å²) in [7, 11) is 0. The molecule has 0 aliphatic rings. The fourth-order valence-corrected chi connectivity index (χ4v) is 2.70. The van der Waals surface area contributed by atoms with E-state index in [1.807, 2.05) is 12.3 Å². The second-order valence-corrected chi connectivity index (χ2v) is 5.57. The van der Waals surface area contributed by atoms with Crippen molar-refractivity contribution < 1.29 is 18.1 Å². The lowest BCUT2D eigenvalue weighted by Gasteiger charge is -2.15. The number of aryl methyl sites for hydroxylation is 1. The van der Waals surface area contributed by atoms with Crippen LogP contribution in [-0.4, -0.2) is 9.91 Å². The van der Waals surface area contributed by atoms with Crippen molar-refractivity contribution in [3.8, 4) is 0 Å². The number of nitro benzene ring substituents is 1. The Hall–Kier alpha value is -2.16. The van der Waals surface area contributed by atoms with E-state index in [1.54, 1.807) is 6.92 Å². The number of nitrogens with one attached hydrogen (secondary N) is 1. The van der Waals surface area contributed by atoms with Crippen LogP contribution in [0.4, 0.5) is 24.5 Å². The Kier molecular flexibility index (Phi) is 4.36. The fourth-order valence-electron chi connectivity index (χ4n) is 1.89. The van der Waals surface area contributed by atoms with Crippen molar-refractivity contribution in [2.75, 3.05) is 5.32 Å². The molecule has 118 valence electrons. The minimum Gasteiger partial charge on any atom is -0.376 e. The third-order valence-electron chi connectivity index (χ3n) is 2.89. The van der Waals surface area contributed by atoms with Gasteiger partial charge in [0.25, 0.3) is 5.69 Å². The van der Waals surface area contributed by atoms with Crippen molar-refractivity contribution in [1.82, 2.24) is 4.98 Å². The van der Waals surface area contributed by atoms with Crippen molar-refractivity contribution in [2.24, 2.45) is 0 Å². The molecule has 1 N–H and O–H groups in total. The molecule has 0 amide bonds. The minimum atomic E-state index is -4.79. The van der Waals surface area contributed by atoms with E-state index in [4.69, 9.17) is 0 Å². The molecule has 9 heteroatoms. The molecule has 0 aliphatic heterocycles. The molecule has 1 aromatic heterocycles. The first-order valence-corrected chi connectivity index (χ1v) is 7.10. The minimum absolute atomic E-state index is 0.151. The van der Waals surface area contributed by atoms with E-state index in [1.165, 1.54) is 17.4 Å². The van der Waals surface area contributed by atoms with Gasteiger partial charge in [-0.1, -0.05) is 0 Å². The number of aromatic nitrogens is 1. The summed E-state index contributed by atoms with van der Waals surface area (Å²) in [6.45, 7) is 3.58. The molecule has 0 saturated heterocycles. The zero-order chi connectivity index (χ0) is 16.5. The van der Waals surface area contributed by atoms with Crippen molar-refractivity contribution in [3.05, 3.63) is 50.0 Å². The lowest BCUT2D eigenvalue weighted by atomic mass is 10.1. The summed E-state index contributed by atoms with van der Waals surface area (Å²) in [5.74, 6) is 0. The average molecular weight is 331 g/mol. The van der Waals surface area contributed by atoms with Gasteiger partial charge in [-0.05, 0) is 26.0 Å². The number of nitro groups is 1. The Balaban J connectivity index is 2.31. The zero-order valence-electron chi connectivity index (χ0n) is 11.6. The Morgan fingerprint density at radius 1 is 1.41 bits per heavy atom. The number of hydrogen-bond acceptors (Lipinski definition) is 5. The van der Waals surface area contributed by atoms with E-state index in [0.717, 1.165) is 22.8 Å². The maximum Gasteiger partial charge on any atom is 0.423 e. The van der Waals surface area contributed by atoms with Crippen LogP contribution >= 0.6 is 11.3 Å². The van der Waals surface area contributed by atoms with Gasteiger partial charge in [-0.25, -0.2) is 4.98 Å². The zero-order valence-corrected chi connectivity index (χ0v) is 12.5. The third-order valence-corrected chi connectivity index (χ3v) is 4.03. The number of nitrogens with zero attached hydrogens (tertiary/aromatic N) is 2. The summed E-state index contributed by atoms with van der Waals surface area (Å²) in [5.41, 5.74) is -1.26. The van der Waals surface area contributed by atoms with E-state index >= 15 is 0 Å². The van der Waals surface area contributed by atoms with Gasteiger partial charge in [0, 0.05) is 22.8 Å². The SMILES string of the molecule is Cc1csc(C(C)Nc2ccc([N+](=O)[O-])c(C(F)(F)F)c2)n1. The maximum atomic E-state index is 12.9. The number of alkyl halides is 3. The lowest BCUT2D eigenvalue weighted by Crippen LogP contribution is -2.11. The summed E-state index contributed by atoms with van der Waals surface area (Å²) in [4.78, 5) is 13.9. The first-order chi connectivity index (χ1) is 10.2. The van der Waals surface area contributed by atoms with Gasteiger partial charge in [0.1, 0.15) is 10.6 Å². The van der Waals surface area contributed by atoms with Crippen LogP contribution in [0.2, 0.25) is 0 Å². The Bertz CT molecular complexity index is 700. The summed E-state index contributed by atoms with van der Waals surface area (Å²) in [5, 5.41) is 16.1. The second-order valence-electron chi connectivity index (χ2n) is 4.68. The number of halogens is 3. The van der Waals surface area contributed by atoms with Crippen LogP contribution in [0.25, 0.3) is 0 Å². The first kappa shape index (κ1) is 16.2. The Morgan fingerprint density at radius 2 is 2.09 bits per heavy atom. The van der Waals surface area contributed by atoms with E-state index in [9.17, 15) is 23.3 Å². The molecule has 5 nitrogen and oxygen atoms in total. The molecule has 0 spiro atoms. The standard InChI is InChI=1S/C13H12F3N3O2S/c1-7-6-22-12(17-7)8(2)18-9-3-4-11(19(20)21)10(5-9)13(14,15)16/h3-6,8,18H,1-2H3. The molecule has 2 aromatic rings. The predicted octanol–water partition coefficient (Wildman–Crippen LogP) is 4.55. The third kappa shape index (κ3) is 3.53. The van der Waals surface area contributed by atoms with Crippen molar-refractivity contribution in [2.45, 2.75) is 26.1 Å². The van der Waals surface area contributed by atoms with E-state index < -0.39 is 22.4 Å². The van der Waals surface area contributed by atoms with Gasteiger partial charge in [-0.15, -0.1) is 11.3 Å². The molecule has 0 aliphatic carbocycles. The number of rotatable bonds is 4. The van der Waals surface area contributed by atoms with Gasteiger partial charge in [0.2, 0.25) is 0 Å². The molecule has 22 heavy (non-hydrogen) atoms. The van der Waals surface area contributed by atoms with E-state index in [2.05, 4.69) is 10.3 Å². The molecule has 1 aromatic carbocycles. The summed E-state index contributed by atoms with van der Waals surface area (Å²) in [6, 6.07) is 2.55. The van der Waals surface area contributed by atoms with Crippen LogP contribution < -0.4 is 5.32 Å². The van der Waals surface area contributed by atoms with Crippen LogP contribution in [0.5, 0.6) is 0 Å². The van der Waals surface area contributed by atoms with Crippen molar-refractivity contribution in [1.29, 1.82) is 0 Å². The van der Waals surface area contributed by atoms with Crippen LogP contribution in [0.15, 0.2) is 23.6 Å². The summed E-state index contributed by atoms with van der Waals surface area (Å²) < 4.78 is 38.7. The molecule has 1 atom stereocenters. The Labute approximate surface area is 128 Å². The number of thiazole rings is 1. The fraction of sp³-hybridized carbons (Fsp3) is 0.308. The molecule has 2 rings (SSSR count).